The van der Waals surface area contributed by atoms with Crippen LogP contribution in [0.4, 0.5) is 8.78 Å². The molecule has 96 valence electrons. The minimum Gasteiger partial charge on any atom is -0.481 e. The average Bonchev–Trinajstić information content (AvgIpc) is 2.29. The lowest BCUT2D eigenvalue weighted by atomic mass is 10.0. The Hall–Kier alpha value is -1.87. The number of carbonyl (C=O) groups is 1. The van der Waals surface area contributed by atoms with Gasteiger partial charge in [-0.1, -0.05) is 0 Å². The number of ether oxygens (including phenoxy) is 1. The number of hydrogen-bond acceptors (Lipinski definition) is 3. The van der Waals surface area contributed by atoms with Gasteiger partial charge < -0.3 is 9.84 Å². The number of alkyl halides is 3. The van der Waals surface area contributed by atoms with E-state index in [0.717, 1.165) is 6.07 Å². The fraction of sp³-hybridized carbons (Fsp3) is 0.273. The molecule has 7 heteroatoms. The minimum absolute atomic E-state index is 0.0260. The number of nitriles is 1. The van der Waals surface area contributed by atoms with Crippen molar-refractivity contribution in [2.24, 2.45) is 0 Å². The Bertz CT molecular complexity index is 500. The number of benzene rings is 1. The van der Waals surface area contributed by atoms with Gasteiger partial charge in [-0.05, 0) is 17.7 Å². The molecular weight excluding hydrogens is 268 g/mol. The maximum Gasteiger partial charge on any atom is 0.387 e. The summed E-state index contributed by atoms with van der Waals surface area (Å²) in [7, 11) is 0. The van der Waals surface area contributed by atoms with Crippen LogP contribution in [0.5, 0.6) is 5.75 Å². The van der Waals surface area contributed by atoms with Crippen LogP contribution in [0.3, 0.4) is 0 Å². The van der Waals surface area contributed by atoms with Gasteiger partial charge in [0, 0.05) is 5.56 Å². The van der Waals surface area contributed by atoms with Crippen LogP contribution >= 0.6 is 11.6 Å². The molecular formula is C11H8ClF2NO3. The molecule has 0 aromatic heterocycles. The third-order valence-electron chi connectivity index (χ3n) is 2.11. The molecule has 0 saturated carbocycles. The summed E-state index contributed by atoms with van der Waals surface area (Å²) < 4.78 is 28.5. The lowest BCUT2D eigenvalue weighted by molar-refractivity contribution is -0.136. The molecule has 1 aromatic carbocycles. The second kappa shape index (κ2) is 6.17. The summed E-state index contributed by atoms with van der Waals surface area (Å²) in [6.07, 6.45) is -0.387. The van der Waals surface area contributed by atoms with Crippen LogP contribution in [0, 0.1) is 11.3 Å². The zero-order chi connectivity index (χ0) is 13.7. The maximum absolute atomic E-state index is 12.1. The third-order valence-corrected chi connectivity index (χ3v) is 2.40. The predicted octanol–water partition coefficient (Wildman–Crippen LogP) is 2.53. The number of halogens is 3. The molecule has 0 spiro atoms. The average molecular weight is 276 g/mol. The van der Waals surface area contributed by atoms with E-state index < -0.39 is 12.6 Å². The maximum atomic E-state index is 12.1. The SMILES string of the molecule is N#Cc1cc(OC(F)F)c(CCl)cc1CC(=O)O. The summed E-state index contributed by atoms with van der Waals surface area (Å²) in [6.45, 7) is -3.04. The Morgan fingerprint density at radius 2 is 2.17 bits per heavy atom. The van der Waals surface area contributed by atoms with Crippen LogP contribution in [0.1, 0.15) is 16.7 Å². The molecule has 1 N–H and O–H groups in total. The molecule has 0 radical (unpaired) electrons. The highest BCUT2D eigenvalue weighted by atomic mass is 35.5. The molecule has 18 heavy (non-hydrogen) atoms. The van der Waals surface area contributed by atoms with Crippen molar-refractivity contribution in [2.45, 2.75) is 18.9 Å². The number of hydrogen-bond donors (Lipinski definition) is 1. The van der Waals surface area contributed by atoms with E-state index in [1.807, 2.05) is 0 Å². The van der Waals surface area contributed by atoms with Crippen molar-refractivity contribution in [3.05, 3.63) is 28.8 Å². The van der Waals surface area contributed by atoms with Crippen LogP contribution in [-0.2, 0) is 17.1 Å². The van der Waals surface area contributed by atoms with Crippen molar-refractivity contribution in [2.75, 3.05) is 0 Å². The lowest BCUT2D eigenvalue weighted by Crippen LogP contribution is -2.07. The van der Waals surface area contributed by atoms with Crippen molar-refractivity contribution in [3.63, 3.8) is 0 Å². The van der Waals surface area contributed by atoms with E-state index in [0.29, 0.717) is 0 Å². The zero-order valence-electron chi connectivity index (χ0n) is 8.99. The highest BCUT2D eigenvalue weighted by Gasteiger charge is 2.15. The van der Waals surface area contributed by atoms with Crippen LogP contribution in [0.15, 0.2) is 12.1 Å². The minimum atomic E-state index is -3.04. The van der Waals surface area contributed by atoms with Crippen molar-refractivity contribution >= 4 is 17.6 Å². The number of carboxylic acid groups (broad SMARTS) is 1. The number of rotatable bonds is 5. The van der Waals surface area contributed by atoms with Crippen molar-refractivity contribution < 1.29 is 23.4 Å². The normalized spacial score (nSPS) is 10.2. The Morgan fingerprint density at radius 3 is 2.61 bits per heavy atom. The fourth-order valence-corrected chi connectivity index (χ4v) is 1.61. The van der Waals surface area contributed by atoms with Crippen molar-refractivity contribution in [1.82, 2.24) is 0 Å². The first-order valence-electron chi connectivity index (χ1n) is 4.76. The molecule has 0 bridgehead atoms. The van der Waals surface area contributed by atoms with Gasteiger partial charge in [-0.25, -0.2) is 0 Å². The highest BCUT2D eigenvalue weighted by molar-refractivity contribution is 6.17. The highest BCUT2D eigenvalue weighted by Crippen LogP contribution is 2.27. The van der Waals surface area contributed by atoms with E-state index >= 15 is 0 Å². The van der Waals surface area contributed by atoms with Gasteiger partial charge >= 0.3 is 12.6 Å². The standard InChI is InChI=1S/C11H8ClF2NO3/c12-4-7-1-6(3-10(16)17)8(5-15)2-9(7)18-11(13)14/h1-2,11H,3-4H2,(H,16,17). The van der Waals surface area contributed by atoms with E-state index in [1.165, 1.54) is 6.07 Å². The van der Waals surface area contributed by atoms with Crippen LogP contribution < -0.4 is 4.74 Å². The molecule has 1 aromatic rings. The first-order valence-corrected chi connectivity index (χ1v) is 5.29. The van der Waals surface area contributed by atoms with E-state index in [1.54, 1.807) is 6.07 Å². The van der Waals surface area contributed by atoms with Gasteiger partial charge in [-0.15, -0.1) is 11.6 Å². The van der Waals surface area contributed by atoms with E-state index in [4.69, 9.17) is 22.0 Å². The van der Waals surface area contributed by atoms with Gasteiger partial charge in [0.25, 0.3) is 0 Å². The number of carboxylic acids is 1. The van der Waals surface area contributed by atoms with Crippen LogP contribution in [-0.4, -0.2) is 17.7 Å². The molecule has 0 aliphatic rings. The summed E-state index contributed by atoms with van der Waals surface area (Å²) in [5, 5.41) is 17.5. The van der Waals surface area contributed by atoms with Crippen molar-refractivity contribution in [3.8, 4) is 11.8 Å². The molecule has 0 fully saturated rings. The summed E-state index contributed by atoms with van der Waals surface area (Å²) in [5.41, 5.74) is 0.399. The molecule has 1 rings (SSSR count). The van der Waals surface area contributed by atoms with E-state index in [9.17, 15) is 13.6 Å². The quantitative estimate of drug-likeness (QED) is 0.838. The number of aliphatic carboxylic acids is 1. The van der Waals surface area contributed by atoms with Gasteiger partial charge in [-0.3, -0.25) is 4.79 Å². The van der Waals surface area contributed by atoms with E-state index in [-0.39, 0.29) is 34.7 Å². The van der Waals surface area contributed by atoms with Crippen LogP contribution in [0.2, 0.25) is 0 Å². The topological polar surface area (TPSA) is 70.3 Å². The monoisotopic (exact) mass is 275 g/mol. The van der Waals surface area contributed by atoms with Gasteiger partial charge in [0.2, 0.25) is 0 Å². The molecule has 4 nitrogen and oxygen atoms in total. The van der Waals surface area contributed by atoms with E-state index in [2.05, 4.69) is 4.74 Å². The molecule has 0 amide bonds. The van der Waals surface area contributed by atoms with Gasteiger partial charge in [0.05, 0.1) is 23.9 Å². The summed E-state index contributed by atoms with van der Waals surface area (Å²) in [6, 6.07) is 4.10. The Balaban J connectivity index is 3.24. The third kappa shape index (κ3) is 3.57. The predicted molar refractivity (Wildman–Crippen MR) is 58.7 cm³/mol. The smallest absolute Gasteiger partial charge is 0.387 e. The molecule has 0 atom stereocenters. The molecule has 0 unspecified atom stereocenters. The summed E-state index contributed by atoms with van der Waals surface area (Å²) in [5.74, 6) is -1.47. The first-order chi connectivity index (χ1) is 8.47. The number of nitrogens with zero attached hydrogens (tertiary/aromatic N) is 1. The second-order valence-electron chi connectivity index (χ2n) is 3.31. The summed E-state index contributed by atoms with van der Waals surface area (Å²) in [4.78, 5) is 10.6. The second-order valence-corrected chi connectivity index (χ2v) is 3.58. The van der Waals surface area contributed by atoms with Gasteiger partial charge in [-0.2, -0.15) is 14.0 Å². The summed E-state index contributed by atoms with van der Waals surface area (Å²) >= 11 is 5.56. The Kier molecular flexibility index (Phi) is 4.86. The largest absolute Gasteiger partial charge is 0.481 e. The molecule has 0 aliphatic carbocycles. The molecule has 0 aliphatic heterocycles. The van der Waals surface area contributed by atoms with Crippen LogP contribution in [0.25, 0.3) is 0 Å². The van der Waals surface area contributed by atoms with Gasteiger partial charge in [0.1, 0.15) is 5.75 Å². The lowest BCUT2D eigenvalue weighted by Gasteiger charge is -2.11. The molecule has 0 saturated heterocycles. The zero-order valence-corrected chi connectivity index (χ0v) is 9.75. The van der Waals surface area contributed by atoms with Crippen molar-refractivity contribution in [1.29, 1.82) is 5.26 Å². The fourth-order valence-electron chi connectivity index (χ4n) is 1.40. The molecule has 0 heterocycles. The first kappa shape index (κ1) is 14.2. The Labute approximate surface area is 106 Å². The van der Waals surface area contributed by atoms with Gasteiger partial charge in [0.15, 0.2) is 0 Å². The Morgan fingerprint density at radius 1 is 1.50 bits per heavy atom.